The topological polar surface area (TPSA) is 43.7 Å². The minimum atomic E-state index is -0.606. The molecule has 0 saturated carbocycles. The third-order valence-electron chi connectivity index (χ3n) is 2.34. The van der Waals surface area contributed by atoms with E-state index in [0.717, 1.165) is 15.8 Å². The van der Waals surface area contributed by atoms with Gasteiger partial charge in [0.2, 0.25) is 0 Å². The summed E-state index contributed by atoms with van der Waals surface area (Å²) in [6.45, 7) is 1.83. The van der Waals surface area contributed by atoms with E-state index in [2.05, 4.69) is 0 Å². The summed E-state index contributed by atoms with van der Waals surface area (Å²) in [6.07, 6.45) is -1.21. The fourth-order valence-corrected chi connectivity index (χ4v) is 2.76. The van der Waals surface area contributed by atoms with Gasteiger partial charge in [-0.1, -0.05) is 11.6 Å². The van der Waals surface area contributed by atoms with Crippen molar-refractivity contribution >= 4 is 22.9 Å². The largest absolute Gasteiger partial charge is 0.389 e. The molecule has 0 aromatic carbocycles. The molecule has 3 nitrogen and oxygen atoms in total. The average Bonchev–Trinajstić information content (AvgIpc) is 2.62. The minimum absolute atomic E-state index is 0.538. The highest BCUT2D eigenvalue weighted by molar-refractivity contribution is 7.16. The molecule has 2 rings (SSSR count). The maximum Gasteiger partial charge on any atom is 0.0938 e. The number of hydrogen-bond acceptors (Lipinski definition) is 4. The normalized spacial score (nSPS) is 28.5. The summed E-state index contributed by atoms with van der Waals surface area (Å²) in [5.74, 6) is 0. The van der Waals surface area contributed by atoms with Crippen LogP contribution in [0.5, 0.6) is 0 Å². The van der Waals surface area contributed by atoms with Crippen LogP contribution in [0.2, 0.25) is 4.34 Å². The lowest BCUT2D eigenvalue weighted by atomic mass is 10.3. The highest BCUT2D eigenvalue weighted by atomic mass is 35.5. The van der Waals surface area contributed by atoms with Crippen LogP contribution in [0.15, 0.2) is 12.1 Å². The molecule has 0 radical (unpaired) electrons. The Kier molecular flexibility index (Phi) is 3.09. The molecule has 0 unspecified atom stereocenters. The molecule has 1 aromatic rings. The van der Waals surface area contributed by atoms with Gasteiger partial charge in [0.15, 0.2) is 0 Å². The molecule has 0 amide bonds. The average molecular weight is 234 g/mol. The molecule has 2 atom stereocenters. The first-order valence-corrected chi connectivity index (χ1v) is 5.67. The van der Waals surface area contributed by atoms with E-state index in [-0.39, 0.29) is 0 Å². The van der Waals surface area contributed by atoms with Crippen molar-refractivity contribution in [1.29, 1.82) is 0 Å². The molecule has 0 bridgehead atoms. The maximum atomic E-state index is 9.34. The summed E-state index contributed by atoms with van der Waals surface area (Å²) < 4.78 is 0.778. The predicted octanol–water partition coefficient (Wildman–Crippen LogP) is 0.939. The first-order chi connectivity index (χ1) is 6.65. The van der Waals surface area contributed by atoms with E-state index in [4.69, 9.17) is 11.6 Å². The summed E-state index contributed by atoms with van der Waals surface area (Å²) >= 11 is 7.34. The predicted molar refractivity (Wildman–Crippen MR) is 56.6 cm³/mol. The molecule has 1 saturated heterocycles. The Labute approximate surface area is 91.5 Å². The Bertz CT molecular complexity index is 308. The van der Waals surface area contributed by atoms with Gasteiger partial charge in [0.1, 0.15) is 0 Å². The SMILES string of the molecule is O[C@H]1CN(Cc2ccc(Cl)s2)C[C@@H]1O. The van der Waals surface area contributed by atoms with Crippen LogP contribution in [-0.4, -0.2) is 40.4 Å². The number of rotatable bonds is 2. The lowest BCUT2D eigenvalue weighted by Crippen LogP contribution is -2.22. The molecule has 0 aliphatic carbocycles. The van der Waals surface area contributed by atoms with Crippen LogP contribution in [0.4, 0.5) is 0 Å². The Morgan fingerprint density at radius 2 is 2.00 bits per heavy atom. The molecular weight excluding hydrogens is 222 g/mol. The number of β-amino-alcohol motifs (C(OH)–C–C–N with tert-alkyl or cyclic N) is 2. The number of nitrogens with zero attached hydrogens (tertiary/aromatic N) is 1. The summed E-state index contributed by atoms with van der Waals surface area (Å²) in [4.78, 5) is 3.19. The molecule has 78 valence electrons. The molecule has 5 heteroatoms. The summed E-state index contributed by atoms with van der Waals surface area (Å²) in [7, 11) is 0. The van der Waals surface area contributed by atoms with E-state index in [1.54, 1.807) is 0 Å². The molecule has 1 aliphatic rings. The van der Waals surface area contributed by atoms with Crippen molar-refractivity contribution in [2.24, 2.45) is 0 Å². The first kappa shape index (κ1) is 10.4. The smallest absolute Gasteiger partial charge is 0.0938 e. The van der Waals surface area contributed by atoms with Crippen molar-refractivity contribution in [3.63, 3.8) is 0 Å². The number of aliphatic hydroxyl groups excluding tert-OH is 2. The molecule has 1 aromatic heterocycles. The molecule has 14 heavy (non-hydrogen) atoms. The Morgan fingerprint density at radius 3 is 2.50 bits per heavy atom. The fraction of sp³-hybridized carbons (Fsp3) is 0.556. The summed E-state index contributed by atoms with van der Waals surface area (Å²) in [5.41, 5.74) is 0. The van der Waals surface area contributed by atoms with Crippen LogP contribution in [0.3, 0.4) is 0 Å². The zero-order valence-corrected chi connectivity index (χ0v) is 9.13. The van der Waals surface area contributed by atoms with Crippen molar-refractivity contribution < 1.29 is 10.2 Å². The van der Waals surface area contributed by atoms with E-state index in [9.17, 15) is 10.2 Å². The third kappa shape index (κ3) is 2.27. The van der Waals surface area contributed by atoms with Crippen LogP contribution in [-0.2, 0) is 6.54 Å². The number of likely N-dealkylation sites (tertiary alicyclic amines) is 1. The van der Waals surface area contributed by atoms with Gasteiger partial charge in [-0.05, 0) is 12.1 Å². The van der Waals surface area contributed by atoms with Crippen molar-refractivity contribution in [2.75, 3.05) is 13.1 Å². The van der Waals surface area contributed by atoms with Crippen LogP contribution in [0.1, 0.15) is 4.88 Å². The van der Waals surface area contributed by atoms with E-state index >= 15 is 0 Å². The van der Waals surface area contributed by atoms with Gasteiger partial charge in [-0.2, -0.15) is 0 Å². The molecule has 0 spiro atoms. The quantitative estimate of drug-likeness (QED) is 0.799. The fourth-order valence-electron chi connectivity index (χ4n) is 1.63. The number of thiophene rings is 1. The van der Waals surface area contributed by atoms with Gasteiger partial charge in [-0.25, -0.2) is 0 Å². The van der Waals surface area contributed by atoms with Crippen molar-refractivity contribution in [3.8, 4) is 0 Å². The van der Waals surface area contributed by atoms with Gasteiger partial charge in [-0.15, -0.1) is 11.3 Å². The van der Waals surface area contributed by atoms with E-state index in [0.29, 0.717) is 13.1 Å². The number of halogens is 1. The van der Waals surface area contributed by atoms with Crippen LogP contribution < -0.4 is 0 Å². The van der Waals surface area contributed by atoms with Crippen molar-refractivity contribution in [1.82, 2.24) is 4.90 Å². The van der Waals surface area contributed by atoms with Crippen molar-refractivity contribution in [2.45, 2.75) is 18.8 Å². The standard InChI is InChI=1S/C9H12ClNO2S/c10-9-2-1-6(14-9)3-11-4-7(12)8(13)5-11/h1-2,7-8,12-13H,3-5H2/t7-,8-/m0/s1. The zero-order valence-electron chi connectivity index (χ0n) is 7.56. The molecule has 1 aliphatic heterocycles. The first-order valence-electron chi connectivity index (χ1n) is 4.48. The third-order valence-corrected chi connectivity index (χ3v) is 3.56. The van der Waals surface area contributed by atoms with Crippen LogP contribution in [0, 0.1) is 0 Å². The Morgan fingerprint density at radius 1 is 1.36 bits per heavy atom. The Balaban J connectivity index is 1.93. The molecule has 2 N–H and O–H groups in total. The van der Waals surface area contributed by atoms with Gasteiger partial charge < -0.3 is 10.2 Å². The highest BCUT2D eigenvalue weighted by Crippen LogP contribution is 2.24. The van der Waals surface area contributed by atoms with Gasteiger partial charge in [0, 0.05) is 24.5 Å². The van der Waals surface area contributed by atoms with Gasteiger partial charge in [0.25, 0.3) is 0 Å². The molecule has 2 heterocycles. The summed E-state index contributed by atoms with van der Waals surface area (Å²) in [6, 6.07) is 3.84. The monoisotopic (exact) mass is 233 g/mol. The van der Waals surface area contributed by atoms with E-state index in [1.165, 1.54) is 11.3 Å². The molecular formula is C9H12ClNO2S. The van der Waals surface area contributed by atoms with Crippen molar-refractivity contribution in [3.05, 3.63) is 21.3 Å². The lowest BCUT2D eigenvalue weighted by molar-refractivity contribution is 0.0572. The second-order valence-corrected chi connectivity index (χ2v) is 5.33. The minimum Gasteiger partial charge on any atom is -0.389 e. The highest BCUT2D eigenvalue weighted by Gasteiger charge is 2.29. The van der Waals surface area contributed by atoms with E-state index < -0.39 is 12.2 Å². The van der Waals surface area contributed by atoms with Gasteiger partial charge in [0.05, 0.1) is 16.5 Å². The van der Waals surface area contributed by atoms with E-state index in [1.807, 2.05) is 17.0 Å². The number of aliphatic hydroxyl groups is 2. The number of hydrogen-bond donors (Lipinski definition) is 2. The Hall–Kier alpha value is -0.130. The zero-order chi connectivity index (χ0) is 10.1. The van der Waals surface area contributed by atoms with Gasteiger partial charge >= 0.3 is 0 Å². The second-order valence-electron chi connectivity index (χ2n) is 3.53. The van der Waals surface area contributed by atoms with Crippen LogP contribution in [0.25, 0.3) is 0 Å². The second kappa shape index (κ2) is 4.16. The van der Waals surface area contributed by atoms with Gasteiger partial charge in [-0.3, -0.25) is 4.90 Å². The molecule has 1 fully saturated rings. The summed E-state index contributed by atoms with van der Waals surface area (Å²) in [5, 5.41) is 18.7. The lowest BCUT2D eigenvalue weighted by Gasteiger charge is -2.12. The van der Waals surface area contributed by atoms with Crippen LogP contribution >= 0.6 is 22.9 Å². The maximum absolute atomic E-state index is 9.34.